The molecule has 4 nitrogen and oxygen atoms in total. The van der Waals surface area contributed by atoms with Gasteiger partial charge < -0.3 is 18.6 Å². The highest BCUT2D eigenvalue weighted by Gasteiger charge is 2.47. The van der Waals surface area contributed by atoms with Crippen LogP contribution in [0.25, 0.3) is 88.4 Å². The van der Waals surface area contributed by atoms with E-state index < -0.39 is 10.8 Å². The van der Waals surface area contributed by atoms with Crippen molar-refractivity contribution in [3.63, 3.8) is 0 Å². The van der Waals surface area contributed by atoms with Crippen molar-refractivity contribution >= 4 is 78.0 Å². The van der Waals surface area contributed by atoms with Gasteiger partial charge >= 0.3 is 0 Å². The Balaban J connectivity index is 0.916. The largest absolute Gasteiger partial charge is 0.455 e. The number of benzene rings is 11. The van der Waals surface area contributed by atoms with Crippen molar-refractivity contribution in [1.29, 1.82) is 0 Å². The maximum atomic E-state index is 7.36. The Kier molecular flexibility index (Phi) is 9.35. The maximum Gasteiger partial charge on any atom is 0.145 e. The number of hydrogen-bond acceptors (Lipinski definition) is 4. The molecule has 4 aliphatic rings. The molecule has 4 aliphatic carbocycles. The smallest absolute Gasteiger partial charge is 0.145 e. The average Bonchev–Trinajstić information content (AvgIpc) is 3.64. The molecule has 0 atom stereocenters. The fourth-order valence-electron chi connectivity index (χ4n) is 15.8. The topological polar surface area (TPSA) is 32.8 Å². The minimum Gasteiger partial charge on any atom is -0.455 e. The summed E-state index contributed by atoms with van der Waals surface area (Å²) in [5, 5.41) is 4.43. The Bertz CT molecular complexity index is 4620. The van der Waals surface area contributed by atoms with Crippen molar-refractivity contribution in [3.8, 4) is 44.5 Å². The van der Waals surface area contributed by atoms with Crippen LogP contribution >= 0.6 is 0 Å². The summed E-state index contributed by atoms with van der Waals surface area (Å²) < 4.78 is 14.7. The molecular formula is C78H60N2O2. The van der Waals surface area contributed by atoms with E-state index >= 15 is 0 Å². The molecule has 4 heteroatoms. The normalized spacial score (nSPS) is 15.7. The van der Waals surface area contributed by atoms with Crippen molar-refractivity contribution < 1.29 is 8.83 Å². The van der Waals surface area contributed by atoms with Gasteiger partial charge in [-0.2, -0.15) is 0 Å². The van der Waals surface area contributed by atoms with Crippen LogP contribution in [0.3, 0.4) is 0 Å². The molecule has 0 spiro atoms. The molecule has 82 heavy (non-hydrogen) atoms. The van der Waals surface area contributed by atoms with Crippen LogP contribution in [0.5, 0.6) is 0 Å². The summed E-state index contributed by atoms with van der Waals surface area (Å²) in [5.74, 6) is 0. The van der Waals surface area contributed by atoms with E-state index in [1.165, 1.54) is 89.0 Å². The molecule has 0 bridgehead atoms. The van der Waals surface area contributed by atoms with Crippen molar-refractivity contribution in [2.24, 2.45) is 0 Å². The molecule has 2 aromatic heterocycles. The zero-order valence-corrected chi connectivity index (χ0v) is 47.5. The van der Waals surface area contributed by atoms with E-state index in [4.69, 9.17) is 8.83 Å². The zero-order chi connectivity index (χ0) is 55.3. The van der Waals surface area contributed by atoms with Gasteiger partial charge in [0.25, 0.3) is 0 Å². The average molecular weight is 1060 g/mol. The van der Waals surface area contributed by atoms with E-state index in [0.717, 1.165) is 78.0 Å². The summed E-state index contributed by atoms with van der Waals surface area (Å²) in [6.45, 7) is 19.2. The fourth-order valence-corrected chi connectivity index (χ4v) is 15.8. The number of rotatable bonds is 6. The van der Waals surface area contributed by atoms with Crippen LogP contribution < -0.4 is 9.80 Å². The summed E-state index contributed by atoms with van der Waals surface area (Å²) in [5.41, 5.74) is 29.5. The second kappa shape index (κ2) is 16.2. The van der Waals surface area contributed by atoms with E-state index in [2.05, 4.69) is 284 Å². The van der Waals surface area contributed by atoms with Crippen LogP contribution in [0.1, 0.15) is 99.9 Å². The quantitative estimate of drug-likeness (QED) is 0.166. The number of fused-ring (bicyclic) bond motifs is 20. The van der Waals surface area contributed by atoms with Crippen molar-refractivity contribution in [2.45, 2.75) is 77.0 Å². The molecule has 0 saturated heterocycles. The number of hydrogen-bond donors (Lipinski definition) is 0. The minimum absolute atomic E-state index is 0.167. The third-order valence-electron chi connectivity index (χ3n) is 19.8. The zero-order valence-electron chi connectivity index (χ0n) is 47.5. The number of anilines is 6. The van der Waals surface area contributed by atoms with Gasteiger partial charge in [0.05, 0.1) is 33.5 Å². The van der Waals surface area contributed by atoms with Gasteiger partial charge in [0, 0.05) is 66.1 Å². The lowest BCUT2D eigenvalue weighted by molar-refractivity contribution is 0.648. The third kappa shape index (κ3) is 6.01. The van der Waals surface area contributed by atoms with Crippen molar-refractivity contribution in [3.05, 3.63) is 263 Å². The van der Waals surface area contributed by atoms with Crippen LogP contribution in [0.4, 0.5) is 34.1 Å². The van der Waals surface area contributed by atoms with Gasteiger partial charge in [-0.05, 0) is 140 Å². The lowest BCUT2D eigenvalue weighted by Crippen LogP contribution is -2.18. The molecule has 17 rings (SSSR count). The highest BCUT2D eigenvalue weighted by atomic mass is 16.3. The van der Waals surface area contributed by atoms with Crippen molar-refractivity contribution in [2.75, 3.05) is 9.80 Å². The molecule has 0 fully saturated rings. The Labute approximate surface area is 478 Å². The first-order valence-electron chi connectivity index (χ1n) is 29.1. The van der Waals surface area contributed by atoms with Crippen LogP contribution in [0.2, 0.25) is 0 Å². The Morgan fingerprint density at radius 3 is 1.05 bits per heavy atom. The number of para-hydroxylation sites is 4. The standard InChI is InChI=1S/C78H60N2O2/c1-75(2)53-33-19-15-29-47(53)67-55(75)35-23-37-61(67)79(45-25-11-9-12-26-45)63-43-59-69(73-71(63)49-31-17-21-39-65(49)81-73)51-41-58-52(42-57(51)77(59,5)6)70-60(78(58,7)8)44-64(72-50-32-18-22-40-66(50)82-74(70)72)80(46-27-13-10-14-28-46)62-38-24-36-56-68(62)48-30-16-20-34-54(48)76(56,3)4/h9-44H,1-8H3. The van der Waals surface area contributed by atoms with Crippen LogP contribution in [0, 0.1) is 0 Å². The molecule has 0 amide bonds. The molecule has 2 heterocycles. The first kappa shape index (κ1) is 47.4. The lowest BCUT2D eigenvalue weighted by Gasteiger charge is -2.31. The van der Waals surface area contributed by atoms with Gasteiger partial charge in [-0.3, -0.25) is 0 Å². The predicted molar refractivity (Wildman–Crippen MR) is 341 cm³/mol. The van der Waals surface area contributed by atoms with E-state index in [0.29, 0.717) is 0 Å². The van der Waals surface area contributed by atoms with Gasteiger partial charge in [-0.25, -0.2) is 0 Å². The lowest BCUT2D eigenvalue weighted by atomic mass is 9.79. The maximum absolute atomic E-state index is 7.36. The van der Waals surface area contributed by atoms with Crippen LogP contribution in [0.15, 0.2) is 227 Å². The Morgan fingerprint density at radius 1 is 0.268 bits per heavy atom. The summed E-state index contributed by atoms with van der Waals surface area (Å²) in [7, 11) is 0. The predicted octanol–water partition coefficient (Wildman–Crippen LogP) is 21.7. The van der Waals surface area contributed by atoms with E-state index in [9.17, 15) is 0 Å². The second-order valence-corrected chi connectivity index (χ2v) is 25.5. The molecule has 0 unspecified atom stereocenters. The molecule has 394 valence electrons. The molecule has 11 aromatic carbocycles. The second-order valence-electron chi connectivity index (χ2n) is 25.5. The highest BCUT2D eigenvalue weighted by Crippen LogP contribution is 2.64. The van der Waals surface area contributed by atoms with Crippen molar-refractivity contribution in [1.82, 2.24) is 0 Å². The summed E-state index contributed by atoms with van der Waals surface area (Å²) >= 11 is 0. The Morgan fingerprint density at radius 2 is 0.622 bits per heavy atom. The molecule has 0 aliphatic heterocycles. The minimum atomic E-state index is -0.432. The number of furan rings is 2. The SMILES string of the molecule is CC1(C)c2ccccc2-c2c(N(c3ccccc3)c3cc4c(c5oc6ccccc6c35)-c3cc5c(cc3C4(C)C)-c3c(cc(N(c4ccccc4)c4cccc6c4-c4ccccc4C6(C)C)c4c3oc3ccccc34)C5(C)C)cccc21. The third-order valence-corrected chi connectivity index (χ3v) is 19.8. The molecule has 13 aromatic rings. The molecular weight excluding hydrogens is 997 g/mol. The van der Waals surface area contributed by atoms with Gasteiger partial charge in [0.1, 0.15) is 22.3 Å². The first-order valence-corrected chi connectivity index (χ1v) is 29.1. The fraction of sp³-hybridized carbons (Fsp3) is 0.154. The molecule has 0 radical (unpaired) electrons. The van der Waals surface area contributed by atoms with Gasteiger partial charge in [0.15, 0.2) is 0 Å². The van der Waals surface area contributed by atoms with Crippen LogP contribution in [-0.4, -0.2) is 0 Å². The van der Waals surface area contributed by atoms with E-state index in [1.807, 2.05) is 0 Å². The molecule has 0 saturated carbocycles. The monoisotopic (exact) mass is 1060 g/mol. The summed E-state index contributed by atoms with van der Waals surface area (Å²) in [6, 6.07) is 81.1. The van der Waals surface area contributed by atoms with E-state index in [1.54, 1.807) is 0 Å². The van der Waals surface area contributed by atoms with E-state index in [-0.39, 0.29) is 10.8 Å². The summed E-state index contributed by atoms with van der Waals surface area (Å²) in [6.07, 6.45) is 0. The van der Waals surface area contributed by atoms with Gasteiger partial charge in [-0.1, -0.05) is 201 Å². The first-order chi connectivity index (χ1) is 39.7. The Hall–Kier alpha value is -9.38. The number of nitrogens with zero attached hydrogens (tertiary/aromatic N) is 2. The van der Waals surface area contributed by atoms with Gasteiger partial charge in [0.2, 0.25) is 0 Å². The van der Waals surface area contributed by atoms with Crippen LogP contribution in [-0.2, 0) is 21.7 Å². The molecule has 0 N–H and O–H groups in total. The van der Waals surface area contributed by atoms with Gasteiger partial charge in [-0.15, -0.1) is 0 Å². The highest BCUT2D eigenvalue weighted by molar-refractivity contribution is 6.22. The summed E-state index contributed by atoms with van der Waals surface area (Å²) in [4.78, 5) is 5.05.